The van der Waals surface area contributed by atoms with Gasteiger partial charge < -0.3 is 19.8 Å². The molecule has 0 saturated carbocycles. The van der Waals surface area contributed by atoms with Gasteiger partial charge in [-0.2, -0.15) is 0 Å². The summed E-state index contributed by atoms with van der Waals surface area (Å²) in [6.45, 7) is 7.47. The molecule has 11 heteroatoms. The van der Waals surface area contributed by atoms with Gasteiger partial charge in [-0.3, -0.25) is 15.5 Å². The number of nitrogens with zero attached hydrogens (tertiary/aromatic N) is 2. The molecule has 2 rings (SSSR count). The first-order valence-electron chi connectivity index (χ1n) is 8.41. The highest BCUT2D eigenvalue weighted by atomic mass is 35.5. The maximum Gasteiger partial charge on any atom is 0.276 e. The van der Waals surface area contributed by atoms with E-state index in [2.05, 4.69) is 19.6 Å². The number of nitrogen functional groups attached to an aromatic ring is 1. The lowest BCUT2D eigenvalue weighted by atomic mass is 10.3. The minimum absolute atomic E-state index is 0.0994. The van der Waals surface area contributed by atoms with Crippen molar-refractivity contribution in [2.24, 2.45) is 0 Å². The summed E-state index contributed by atoms with van der Waals surface area (Å²) < 4.78 is 25.9. The Labute approximate surface area is 167 Å². The Morgan fingerprint density at radius 3 is 2.68 bits per heavy atom. The Bertz CT molecular complexity index is 898. The monoisotopic (exact) mass is 428 g/mol. The Kier molecular flexibility index (Phi) is 6.81. The maximum absolute atomic E-state index is 13.5. The first-order chi connectivity index (χ1) is 13.0. The van der Waals surface area contributed by atoms with Crippen molar-refractivity contribution < 1.29 is 18.8 Å². The number of benzene rings is 1. The van der Waals surface area contributed by atoms with Crippen LogP contribution in [0, 0.1) is 21.3 Å². The highest BCUT2D eigenvalue weighted by Gasteiger charge is 2.20. The van der Waals surface area contributed by atoms with Crippen LogP contribution in [-0.4, -0.2) is 30.1 Å². The van der Waals surface area contributed by atoms with Gasteiger partial charge in [0.15, 0.2) is 0 Å². The molecule has 0 aliphatic rings. The van der Waals surface area contributed by atoms with Crippen molar-refractivity contribution in [3.63, 3.8) is 0 Å². The van der Waals surface area contributed by atoms with Gasteiger partial charge in [-0.15, -0.1) is 0 Å². The van der Waals surface area contributed by atoms with E-state index in [9.17, 15) is 14.5 Å². The van der Waals surface area contributed by atoms with E-state index in [0.29, 0.717) is 6.61 Å². The van der Waals surface area contributed by atoms with E-state index in [4.69, 9.17) is 32.2 Å². The average molecular weight is 429 g/mol. The van der Waals surface area contributed by atoms with Crippen molar-refractivity contribution in [2.75, 3.05) is 12.3 Å². The third-order valence-corrected chi connectivity index (χ3v) is 5.80. The predicted octanol–water partition coefficient (Wildman–Crippen LogP) is 4.49. The SMILES string of the molecule is C[Si](C)(C)CCOCn1cc(Cl)c(C(=N)Oc2cc(F)cc([N+](=O)[O-])c2)c1N. The van der Waals surface area contributed by atoms with Crippen LogP contribution in [0.25, 0.3) is 0 Å². The molecule has 1 aromatic carbocycles. The smallest absolute Gasteiger partial charge is 0.276 e. The lowest BCUT2D eigenvalue weighted by Gasteiger charge is -2.16. The van der Waals surface area contributed by atoms with Crippen LogP contribution in [0.1, 0.15) is 5.56 Å². The quantitative estimate of drug-likeness (QED) is 0.160. The number of hydrogen-bond donors (Lipinski definition) is 2. The Hall–Kier alpha value is -2.43. The van der Waals surface area contributed by atoms with Gasteiger partial charge in [0.05, 0.1) is 27.6 Å². The molecule has 0 spiro atoms. The van der Waals surface area contributed by atoms with Crippen LogP contribution in [-0.2, 0) is 11.5 Å². The van der Waals surface area contributed by atoms with Gasteiger partial charge >= 0.3 is 0 Å². The van der Waals surface area contributed by atoms with Crippen molar-refractivity contribution in [1.82, 2.24) is 4.57 Å². The molecule has 0 saturated heterocycles. The molecule has 0 aliphatic heterocycles. The van der Waals surface area contributed by atoms with Crippen molar-refractivity contribution in [2.45, 2.75) is 32.4 Å². The van der Waals surface area contributed by atoms with E-state index in [0.717, 1.165) is 24.2 Å². The molecule has 0 amide bonds. The average Bonchev–Trinajstić information content (AvgIpc) is 2.84. The zero-order valence-electron chi connectivity index (χ0n) is 15.8. The number of anilines is 1. The topological polar surface area (TPSA) is 116 Å². The zero-order chi connectivity index (χ0) is 21.1. The summed E-state index contributed by atoms with van der Waals surface area (Å²) >= 11 is 6.16. The van der Waals surface area contributed by atoms with E-state index in [1.807, 2.05) is 0 Å². The second-order valence-corrected chi connectivity index (χ2v) is 13.4. The number of aromatic nitrogens is 1. The molecular weight excluding hydrogens is 407 g/mol. The molecule has 0 atom stereocenters. The third-order valence-electron chi connectivity index (χ3n) is 3.81. The molecular formula is C17H22ClFN4O4Si. The van der Waals surface area contributed by atoms with Gasteiger partial charge in [0.25, 0.3) is 5.69 Å². The van der Waals surface area contributed by atoms with Crippen molar-refractivity contribution in [3.8, 4) is 5.75 Å². The minimum Gasteiger partial charge on any atom is -0.438 e. The molecule has 1 aromatic heterocycles. The summed E-state index contributed by atoms with van der Waals surface area (Å²) in [6, 6.07) is 3.69. The fraction of sp³-hybridized carbons (Fsp3) is 0.353. The van der Waals surface area contributed by atoms with Crippen LogP contribution >= 0.6 is 11.6 Å². The van der Waals surface area contributed by atoms with Crippen LogP contribution in [0.5, 0.6) is 5.75 Å². The van der Waals surface area contributed by atoms with Gasteiger partial charge in [0, 0.05) is 26.9 Å². The molecule has 152 valence electrons. The Balaban J connectivity index is 2.12. The summed E-state index contributed by atoms with van der Waals surface area (Å²) in [6.07, 6.45) is 1.51. The van der Waals surface area contributed by atoms with Crippen molar-refractivity contribution in [1.29, 1.82) is 5.41 Å². The molecule has 0 aliphatic carbocycles. The highest BCUT2D eigenvalue weighted by molar-refractivity contribution is 6.76. The number of ether oxygens (including phenoxy) is 2. The number of non-ortho nitro benzene ring substituents is 1. The molecule has 0 bridgehead atoms. The summed E-state index contributed by atoms with van der Waals surface area (Å²) in [5.74, 6) is -1.37. The second kappa shape index (κ2) is 8.72. The zero-order valence-corrected chi connectivity index (χ0v) is 17.5. The van der Waals surface area contributed by atoms with Gasteiger partial charge in [-0.1, -0.05) is 31.2 Å². The predicted molar refractivity (Wildman–Crippen MR) is 108 cm³/mol. The standard InChI is InChI=1S/C17H22ClFN4O4Si/c1-28(2,3)5-4-26-10-22-9-14(18)15(16(22)20)17(21)27-13-7-11(19)6-12(8-13)23(24)25/h6-9,21H,4-5,10,20H2,1-3H3. The number of hydrogen-bond acceptors (Lipinski definition) is 6. The molecule has 28 heavy (non-hydrogen) atoms. The lowest BCUT2D eigenvalue weighted by molar-refractivity contribution is -0.385. The second-order valence-electron chi connectivity index (χ2n) is 7.39. The molecule has 0 radical (unpaired) electrons. The van der Waals surface area contributed by atoms with E-state index in [-0.39, 0.29) is 28.9 Å². The number of nitrogens with two attached hydrogens (primary N) is 1. The number of nitro benzene ring substituents is 1. The summed E-state index contributed by atoms with van der Waals surface area (Å²) in [5, 5.41) is 19.1. The third kappa shape index (κ3) is 5.78. The number of nitrogens with one attached hydrogen (secondary N) is 1. The van der Waals surface area contributed by atoms with Crippen LogP contribution in [0.3, 0.4) is 0 Å². The molecule has 8 nitrogen and oxygen atoms in total. The molecule has 1 heterocycles. The number of nitro groups is 1. The van der Waals surface area contributed by atoms with Gasteiger partial charge in [-0.25, -0.2) is 4.39 Å². The lowest BCUT2D eigenvalue weighted by Crippen LogP contribution is -2.22. The number of rotatable bonds is 8. The summed E-state index contributed by atoms with van der Waals surface area (Å²) in [4.78, 5) is 10.1. The largest absolute Gasteiger partial charge is 0.438 e. The molecule has 0 fully saturated rings. The Morgan fingerprint density at radius 1 is 1.39 bits per heavy atom. The van der Waals surface area contributed by atoms with Crippen LogP contribution in [0.2, 0.25) is 30.7 Å². The number of halogens is 2. The van der Waals surface area contributed by atoms with E-state index < -0.39 is 30.4 Å². The van der Waals surface area contributed by atoms with E-state index in [1.54, 1.807) is 0 Å². The molecule has 3 N–H and O–H groups in total. The fourth-order valence-electron chi connectivity index (χ4n) is 2.29. The normalized spacial score (nSPS) is 11.5. The highest BCUT2D eigenvalue weighted by Crippen LogP contribution is 2.28. The van der Waals surface area contributed by atoms with Crippen LogP contribution in [0.4, 0.5) is 15.9 Å². The molecule has 2 aromatic rings. The molecule has 0 unspecified atom stereocenters. The van der Waals surface area contributed by atoms with Crippen LogP contribution < -0.4 is 10.5 Å². The first-order valence-corrected chi connectivity index (χ1v) is 12.5. The first kappa shape index (κ1) is 21.9. The van der Waals surface area contributed by atoms with Crippen molar-refractivity contribution >= 4 is 37.1 Å². The van der Waals surface area contributed by atoms with Gasteiger partial charge in [0.2, 0.25) is 5.90 Å². The fourth-order valence-corrected chi connectivity index (χ4v) is 3.35. The van der Waals surface area contributed by atoms with Gasteiger partial charge in [-0.05, 0) is 6.04 Å². The van der Waals surface area contributed by atoms with Crippen molar-refractivity contribution in [3.05, 3.63) is 50.9 Å². The van der Waals surface area contributed by atoms with Gasteiger partial charge in [0.1, 0.15) is 24.1 Å². The minimum atomic E-state index is -1.22. The van der Waals surface area contributed by atoms with E-state index >= 15 is 0 Å². The van der Waals surface area contributed by atoms with E-state index in [1.165, 1.54) is 10.8 Å². The van der Waals surface area contributed by atoms with Crippen LogP contribution in [0.15, 0.2) is 24.4 Å². The Morgan fingerprint density at radius 2 is 2.07 bits per heavy atom. The summed E-state index contributed by atoms with van der Waals surface area (Å²) in [5.41, 5.74) is 5.65. The summed E-state index contributed by atoms with van der Waals surface area (Å²) in [7, 11) is -1.22. The maximum atomic E-state index is 13.5.